The number of hydrogen-bond donors (Lipinski definition) is 1. The summed E-state index contributed by atoms with van der Waals surface area (Å²) in [6, 6.07) is 0. The zero-order chi connectivity index (χ0) is 9.40. The number of hydrogen-bond acceptors (Lipinski definition) is 2. The third kappa shape index (κ3) is 7.25. The molecule has 0 radical (unpaired) electrons. The van der Waals surface area contributed by atoms with Crippen LogP contribution in [0.5, 0.6) is 0 Å². The van der Waals surface area contributed by atoms with Gasteiger partial charge in [-0.25, -0.2) is 0 Å². The summed E-state index contributed by atoms with van der Waals surface area (Å²) in [5, 5.41) is 2.76. The maximum Gasteiger partial charge on any atom is 0.220 e. The molecule has 0 atom stereocenters. The number of nitrogens with one attached hydrogen (secondary N) is 1. The minimum atomic E-state index is 0. The Kier molecular flexibility index (Phi) is 6.34. The van der Waals surface area contributed by atoms with Gasteiger partial charge in [0.25, 0.3) is 0 Å². The Labute approximate surface area is 75.0 Å². The first-order chi connectivity index (χ1) is 5.66. The minimum Gasteiger partial charge on any atom is -0.356 e. The first kappa shape index (κ1) is 11.1. The summed E-state index contributed by atoms with van der Waals surface area (Å²) in [4.78, 5) is 21.5. The molecule has 72 valence electrons. The molecule has 0 bridgehead atoms. The van der Waals surface area contributed by atoms with Gasteiger partial charge in [-0.1, -0.05) is 6.92 Å². The highest BCUT2D eigenvalue weighted by Gasteiger charge is 2.00. The highest BCUT2D eigenvalue weighted by molar-refractivity contribution is 5.78. The van der Waals surface area contributed by atoms with Gasteiger partial charge in [0.1, 0.15) is 5.78 Å². The Balaban J connectivity index is 0. The molecule has 0 fully saturated rings. The van der Waals surface area contributed by atoms with Gasteiger partial charge in [-0.05, 0) is 19.8 Å². The first-order valence-electron chi connectivity index (χ1n) is 4.43. The molecule has 0 saturated carbocycles. The normalized spacial score (nSPS) is 9.50. The lowest BCUT2D eigenvalue weighted by Gasteiger charge is -2.01. The van der Waals surface area contributed by atoms with Crippen LogP contribution in [0.4, 0.5) is 0 Å². The van der Waals surface area contributed by atoms with Gasteiger partial charge >= 0.3 is 0 Å². The molecule has 3 nitrogen and oxygen atoms in total. The summed E-state index contributed by atoms with van der Waals surface area (Å²) in [6.45, 7) is 4.29. The molecule has 1 N–H and O–H groups in total. The Hall–Kier alpha value is -0.860. The number of carbonyl (C=O) groups is 2. The average Bonchev–Trinajstić information content (AvgIpc) is 2.00. The Morgan fingerprint density at radius 2 is 2.00 bits per heavy atom. The van der Waals surface area contributed by atoms with E-state index in [2.05, 4.69) is 5.32 Å². The molecule has 0 rings (SSSR count). The van der Waals surface area contributed by atoms with Crippen LogP contribution in [0.2, 0.25) is 0 Å². The Morgan fingerprint density at radius 1 is 1.33 bits per heavy atom. The van der Waals surface area contributed by atoms with Crippen LogP contribution in [0, 0.1) is 0 Å². The lowest BCUT2D eigenvalue weighted by Crippen LogP contribution is -2.23. The summed E-state index contributed by atoms with van der Waals surface area (Å²) >= 11 is 0. The molecule has 0 unspecified atom stereocenters. The van der Waals surface area contributed by atoms with E-state index in [1.54, 1.807) is 6.92 Å². The van der Waals surface area contributed by atoms with Crippen molar-refractivity contribution in [2.45, 2.75) is 39.5 Å². The summed E-state index contributed by atoms with van der Waals surface area (Å²) < 4.78 is 0. The fourth-order valence-corrected chi connectivity index (χ4v) is 0.851. The monoisotopic (exact) mass is 173 g/mol. The number of amides is 1. The van der Waals surface area contributed by atoms with Crippen molar-refractivity contribution >= 4 is 11.7 Å². The van der Waals surface area contributed by atoms with Crippen LogP contribution in [-0.4, -0.2) is 18.2 Å². The van der Waals surface area contributed by atoms with Gasteiger partial charge in [0.15, 0.2) is 0 Å². The van der Waals surface area contributed by atoms with Gasteiger partial charge in [-0.3, -0.25) is 4.79 Å². The Bertz CT molecular complexity index is 160. The SMILES string of the molecule is CCCNC(=O)CCCC(C)=O.[HH]. The molecule has 0 aliphatic rings. The van der Waals surface area contributed by atoms with Crippen molar-refractivity contribution in [2.24, 2.45) is 0 Å². The van der Waals surface area contributed by atoms with Crippen molar-refractivity contribution < 1.29 is 11.0 Å². The second kappa shape index (κ2) is 6.83. The topological polar surface area (TPSA) is 46.2 Å². The minimum absolute atomic E-state index is 0. The second-order valence-corrected chi connectivity index (χ2v) is 2.91. The fourth-order valence-electron chi connectivity index (χ4n) is 0.851. The van der Waals surface area contributed by atoms with E-state index < -0.39 is 0 Å². The predicted octanol–water partition coefficient (Wildman–Crippen LogP) is 1.52. The van der Waals surface area contributed by atoms with Crippen molar-refractivity contribution in [3.05, 3.63) is 0 Å². The van der Waals surface area contributed by atoms with Crippen LogP contribution in [-0.2, 0) is 9.59 Å². The molecular formula is C9H19NO2. The van der Waals surface area contributed by atoms with E-state index in [-0.39, 0.29) is 13.1 Å². The highest BCUT2D eigenvalue weighted by atomic mass is 16.1. The van der Waals surface area contributed by atoms with Crippen molar-refractivity contribution in [2.75, 3.05) is 6.54 Å². The number of rotatable bonds is 6. The van der Waals surface area contributed by atoms with Crippen LogP contribution in [0.25, 0.3) is 0 Å². The molecule has 12 heavy (non-hydrogen) atoms. The van der Waals surface area contributed by atoms with Crippen molar-refractivity contribution in [1.29, 1.82) is 0 Å². The third-order valence-electron chi connectivity index (χ3n) is 1.50. The smallest absolute Gasteiger partial charge is 0.220 e. The highest BCUT2D eigenvalue weighted by Crippen LogP contribution is 1.95. The molecule has 0 spiro atoms. The van der Waals surface area contributed by atoms with E-state index in [0.29, 0.717) is 19.3 Å². The van der Waals surface area contributed by atoms with E-state index in [1.165, 1.54) is 0 Å². The summed E-state index contributed by atoms with van der Waals surface area (Å²) in [5.41, 5.74) is 0. The standard InChI is InChI=1S/C9H17NO2.H2/c1-3-7-10-9(12)6-4-5-8(2)11;/h3-7H2,1-2H3,(H,10,12);1H. The predicted molar refractivity (Wildman–Crippen MR) is 49.9 cm³/mol. The van der Waals surface area contributed by atoms with Gasteiger partial charge in [-0.2, -0.15) is 0 Å². The van der Waals surface area contributed by atoms with Crippen LogP contribution < -0.4 is 5.32 Å². The van der Waals surface area contributed by atoms with Gasteiger partial charge in [0, 0.05) is 20.8 Å². The quantitative estimate of drug-likeness (QED) is 0.662. The third-order valence-corrected chi connectivity index (χ3v) is 1.50. The van der Waals surface area contributed by atoms with Crippen LogP contribution in [0.15, 0.2) is 0 Å². The van der Waals surface area contributed by atoms with Crippen LogP contribution >= 0.6 is 0 Å². The molecule has 0 aromatic heterocycles. The summed E-state index contributed by atoms with van der Waals surface area (Å²) in [6.07, 6.45) is 2.61. The van der Waals surface area contributed by atoms with E-state index in [4.69, 9.17) is 0 Å². The van der Waals surface area contributed by atoms with E-state index in [9.17, 15) is 9.59 Å². The molecule has 0 aliphatic carbocycles. The van der Waals surface area contributed by atoms with Gasteiger partial charge < -0.3 is 10.1 Å². The van der Waals surface area contributed by atoms with Crippen molar-refractivity contribution in [3.8, 4) is 0 Å². The lowest BCUT2D eigenvalue weighted by molar-refractivity contribution is -0.121. The zero-order valence-electron chi connectivity index (χ0n) is 7.85. The average molecular weight is 173 g/mol. The van der Waals surface area contributed by atoms with Crippen LogP contribution in [0.1, 0.15) is 41.0 Å². The van der Waals surface area contributed by atoms with E-state index in [1.807, 2.05) is 6.92 Å². The molecule has 0 aliphatic heterocycles. The number of ketones is 1. The second-order valence-electron chi connectivity index (χ2n) is 2.91. The summed E-state index contributed by atoms with van der Waals surface area (Å²) in [7, 11) is 0. The maximum atomic E-state index is 11.0. The number of Topliss-reactive ketones (excluding diaryl/α,β-unsaturated/α-hetero) is 1. The maximum absolute atomic E-state index is 11.0. The molecular weight excluding hydrogens is 154 g/mol. The number of carbonyl (C=O) groups excluding carboxylic acids is 2. The molecule has 0 aromatic carbocycles. The first-order valence-corrected chi connectivity index (χ1v) is 4.43. The van der Waals surface area contributed by atoms with Crippen LogP contribution in [0.3, 0.4) is 0 Å². The van der Waals surface area contributed by atoms with Crippen molar-refractivity contribution in [1.82, 2.24) is 5.32 Å². The Morgan fingerprint density at radius 3 is 2.50 bits per heavy atom. The largest absolute Gasteiger partial charge is 0.356 e. The molecule has 3 heteroatoms. The van der Waals surface area contributed by atoms with Crippen molar-refractivity contribution in [3.63, 3.8) is 0 Å². The lowest BCUT2D eigenvalue weighted by atomic mass is 10.2. The fraction of sp³-hybridized carbons (Fsp3) is 0.778. The van der Waals surface area contributed by atoms with Gasteiger partial charge in [-0.15, -0.1) is 0 Å². The molecule has 0 aromatic rings. The van der Waals surface area contributed by atoms with Gasteiger partial charge in [0.2, 0.25) is 5.91 Å². The molecule has 0 heterocycles. The zero-order valence-corrected chi connectivity index (χ0v) is 7.85. The van der Waals surface area contributed by atoms with E-state index >= 15 is 0 Å². The summed E-state index contributed by atoms with van der Waals surface area (Å²) in [5.74, 6) is 0.205. The van der Waals surface area contributed by atoms with E-state index in [0.717, 1.165) is 13.0 Å². The van der Waals surface area contributed by atoms with Gasteiger partial charge in [0.05, 0.1) is 0 Å². The molecule has 0 saturated heterocycles. The molecule has 1 amide bonds.